The molecule has 1 heterocycles. The monoisotopic (exact) mass is 157 g/mol. The van der Waals surface area contributed by atoms with Gasteiger partial charge in [0, 0.05) is 13.6 Å². The van der Waals surface area contributed by atoms with E-state index in [-0.39, 0.29) is 5.91 Å². The molecule has 0 radical (unpaired) electrons. The summed E-state index contributed by atoms with van der Waals surface area (Å²) in [4.78, 5) is 13.0. The van der Waals surface area contributed by atoms with Crippen molar-refractivity contribution in [3.8, 4) is 0 Å². The number of hydrogen-bond acceptors (Lipinski definition) is 2. The van der Waals surface area contributed by atoms with Gasteiger partial charge in [-0.15, -0.1) is 0 Å². The summed E-state index contributed by atoms with van der Waals surface area (Å²) in [5, 5.41) is 9.80. The molecule has 1 fully saturated rings. The molecule has 0 saturated carbocycles. The second-order valence-electron chi connectivity index (χ2n) is 4.06. The highest BCUT2D eigenvalue weighted by Gasteiger charge is 2.53. The number of amides is 1. The van der Waals surface area contributed by atoms with Crippen LogP contribution in [0.5, 0.6) is 0 Å². The minimum absolute atomic E-state index is 0.0162. The van der Waals surface area contributed by atoms with Crippen LogP contribution < -0.4 is 0 Å². The average Bonchev–Trinajstić information content (AvgIpc) is 1.93. The third-order valence-corrected chi connectivity index (χ3v) is 2.77. The van der Waals surface area contributed by atoms with Crippen LogP contribution in [0.1, 0.15) is 20.8 Å². The van der Waals surface area contributed by atoms with E-state index in [1.807, 2.05) is 0 Å². The standard InChI is InChI=1S/C8H15NO2/c1-7(2)6(10)9(4)5-8(7,3)11/h11H,5H2,1-4H3. The van der Waals surface area contributed by atoms with E-state index in [1.165, 1.54) is 0 Å². The first kappa shape index (κ1) is 8.53. The lowest BCUT2D eigenvalue weighted by Crippen LogP contribution is -2.41. The Kier molecular flexibility index (Phi) is 1.53. The largest absolute Gasteiger partial charge is 0.387 e. The van der Waals surface area contributed by atoms with Crippen molar-refractivity contribution in [2.24, 2.45) is 5.41 Å². The zero-order chi connectivity index (χ0) is 8.86. The topological polar surface area (TPSA) is 40.5 Å². The molecule has 11 heavy (non-hydrogen) atoms. The van der Waals surface area contributed by atoms with Crippen LogP contribution in [-0.2, 0) is 4.79 Å². The summed E-state index contributed by atoms with van der Waals surface area (Å²) in [5.74, 6) is 0.0162. The normalized spacial score (nSPS) is 36.5. The first-order chi connectivity index (χ1) is 4.79. The van der Waals surface area contributed by atoms with Gasteiger partial charge in [-0.05, 0) is 20.8 Å². The van der Waals surface area contributed by atoms with Crippen molar-refractivity contribution in [1.29, 1.82) is 0 Å². The minimum Gasteiger partial charge on any atom is -0.387 e. The summed E-state index contributed by atoms with van der Waals surface area (Å²) in [6.07, 6.45) is 0. The fourth-order valence-electron chi connectivity index (χ4n) is 1.44. The van der Waals surface area contributed by atoms with Gasteiger partial charge in [0.15, 0.2) is 0 Å². The molecule has 1 N–H and O–H groups in total. The van der Waals surface area contributed by atoms with E-state index in [4.69, 9.17) is 0 Å². The molecule has 1 rings (SSSR count). The van der Waals surface area contributed by atoms with Crippen LogP contribution in [0, 0.1) is 5.41 Å². The molecule has 1 amide bonds. The molecule has 0 spiro atoms. The second kappa shape index (κ2) is 1.97. The Morgan fingerprint density at radius 2 is 1.91 bits per heavy atom. The highest BCUT2D eigenvalue weighted by Crippen LogP contribution is 2.38. The van der Waals surface area contributed by atoms with E-state index in [9.17, 15) is 9.90 Å². The van der Waals surface area contributed by atoms with Gasteiger partial charge in [-0.1, -0.05) is 0 Å². The highest BCUT2D eigenvalue weighted by atomic mass is 16.3. The van der Waals surface area contributed by atoms with Gasteiger partial charge in [0.1, 0.15) is 0 Å². The van der Waals surface area contributed by atoms with Crippen molar-refractivity contribution >= 4 is 5.91 Å². The highest BCUT2D eigenvalue weighted by molar-refractivity contribution is 5.85. The van der Waals surface area contributed by atoms with Gasteiger partial charge in [0.05, 0.1) is 11.0 Å². The lowest BCUT2D eigenvalue weighted by molar-refractivity contribution is -0.137. The predicted octanol–water partition coefficient (Wildman–Crippen LogP) is 0.236. The summed E-state index contributed by atoms with van der Waals surface area (Å²) >= 11 is 0. The van der Waals surface area contributed by atoms with E-state index < -0.39 is 11.0 Å². The molecule has 1 unspecified atom stereocenters. The van der Waals surface area contributed by atoms with Crippen LogP contribution in [0.2, 0.25) is 0 Å². The second-order valence-corrected chi connectivity index (χ2v) is 4.06. The molecule has 0 aromatic heterocycles. The Morgan fingerprint density at radius 1 is 1.45 bits per heavy atom. The van der Waals surface area contributed by atoms with Crippen LogP contribution >= 0.6 is 0 Å². The number of likely N-dealkylation sites (tertiary alicyclic amines) is 1. The van der Waals surface area contributed by atoms with Crippen LogP contribution in [0.25, 0.3) is 0 Å². The zero-order valence-corrected chi connectivity index (χ0v) is 7.51. The van der Waals surface area contributed by atoms with Gasteiger partial charge in [-0.2, -0.15) is 0 Å². The Labute approximate surface area is 67.0 Å². The Morgan fingerprint density at radius 3 is 2.00 bits per heavy atom. The van der Waals surface area contributed by atoms with Crippen LogP contribution in [-0.4, -0.2) is 35.1 Å². The third kappa shape index (κ3) is 0.948. The van der Waals surface area contributed by atoms with Gasteiger partial charge >= 0.3 is 0 Å². The number of aliphatic hydroxyl groups is 1. The average molecular weight is 157 g/mol. The summed E-state index contributed by atoms with van der Waals surface area (Å²) in [7, 11) is 1.71. The fraction of sp³-hybridized carbons (Fsp3) is 0.875. The third-order valence-electron chi connectivity index (χ3n) is 2.77. The molecule has 1 saturated heterocycles. The molecular weight excluding hydrogens is 142 g/mol. The number of β-amino-alcohol motifs (C(OH)–C–C–N with tert-alkyl or cyclic N) is 1. The van der Waals surface area contributed by atoms with Gasteiger partial charge in [0.2, 0.25) is 5.91 Å². The lowest BCUT2D eigenvalue weighted by atomic mass is 9.79. The first-order valence-electron chi connectivity index (χ1n) is 3.77. The molecule has 1 aliphatic rings. The molecule has 64 valence electrons. The Bertz CT molecular complexity index is 196. The maximum Gasteiger partial charge on any atom is 0.231 e. The van der Waals surface area contributed by atoms with Crippen molar-refractivity contribution in [3.63, 3.8) is 0 Å². The maximum atomic E-state index is 11.4. The van der Waals surface area contributed by atoms with Gasteiger partial charge in [0.25, 0.3) is 0 Å². The number of carbonyl (C=O) groups excluding carboxylic acids is 1. The summed E-state index contributed by atoms with van der Waals surface area (Å²) in [5.41, 5.74) is -1.53. The maximum absolute atomic E-state index is 11.4. The molecule has 3 nitrogen and oxygen atoms in total. The number of carbonyl (C=O) groups is 1. The van der Waals surface area contributed by atoms with Gasteiger partial charge in [-0.3, -0.25) is 4.79 Å². The number of likely N-dealkylation sites (N-methyl/N-ethyl adjacent to an activating group) is 1. The first-order valence-corrected chi connectivity index (χ1v) is 3.77. The SMILES string of the molecule is CN1CC(C)(O)C(C)(C)C1=O. The molecule has 1 atom stereocenters. The molecular formula is C8H15NO2. The number of rotatable bonds is 0. The summed E-state index contributed by atoms with van der Waals surface area (Å²) in [6.45, 7) is 5.69. The zero-order valence-electron chi connectivity index (χ0n) is 7.51. The van der Waals surface area contributed by atoms with E-state index in [0.29, 0.717) is 6.54 Å². The number of nitrogens with zero attached hydrogens (tertiary/aromatic N) is 1. The van der Waals surface area contributed by atoms with Crippen LogP contribution in [0.4, 0.5) is 0 Å². The lowest BCUT2D eigenvalue weighted by Gasteiger charge is -2.28. The molecule has 0 aliphatic carbocycles. The molecule has 0 aromatic carbocycles. The van der Waals surface area contributed by atoms with E-state index >= 15 is 0 Å². The van der Waals surface area contributed by atoms with Crippen LogP contribution in [0.15, 0.2) is 0 Å². The van der Waals surface area contributed by atoms with Crippen molar-refractivity contribution in [1.82, 2.24) is 4.90 Å². The Hall–Kier alpha value is -0.570. The molecule has 0 bridgehead atoms. The molecule has 1 aliphatic heterocycles. The van der Waals surface area contributed by atoms with Gasteiger partial charge < -0.3 is 10.0 Å². The van der Waals surface area contributed by atoms with Crippen molar-refractivity contribution in [3.05, 3.63) is 0 Å². The fourth-order valence-corrected chi connectivity index (χ4v) is 1.44. The summed E-state index contributed by atoms with van der Waals surface area (Å²) < 4.78 is 0. The predicted molar refractivity (Wildman–Crippen MR) is 42.0 cm³/mol. The van der Waals surface area contributed by atoms with Crippen LogP contribution in [0.3, 0.4) is 0 Å². The Balaban J connectivity index is 3.02. The van der Waals surface area contributed by atoms with Gasteiger partial charge in [-0.25, -0.2) is 0 Å². The minimum atomic E-state index is -0.890. The van der Waals surface area contributed by atoms with Crippen molar-refractivity contribution in [2.45, 2.75) is 26.4 Å². The van der Waals surface area contributed by atoms with Crippen molar-refractivity contribution < 1.29 is 9.90 Å². The summed E-state index contributed by atoms with van der Waals surface area (Å²) in [6, 6.07) is 0. The van der Waals surface area contributed by atoms with Crippen molar-refractivity contribution in [2.75, 3.05) is 13.6 Å². The van der Waals surface area contributed by atoms with E-state index in [0.717, 1.165) is 0 Å². The number of hydrogen-bond donors (Lipinski definition) is 1. The smallest absolute Gasteiger partial charge is 0.231 e. The molecule has 3 heteroatoms. The molecule has 0 aromatic rings. The quantitative estimate of drug-likeness (QED) is 0.547. The van der Waals surface area contributed by atoms with E-state index in [1.54, 1.807) is 32.7 Å². The van der Waals surface area contributed by atoms with E-state index in [2.05, 4.69) is 0 Å².